The highest BCUT2D eigenvalue weighted by molar-refractivity contribution is 5.49. The van der Waals surface area contributed by atoms with Gasteiger partial charge in [-0.15, -0.1) is 0 Å². The van der Waals surface area contributed by atoms with Crippen LogP contribution in [-0.4, -0.2) is 86.0 Å². The van der Waals surface area contributed by atoms with Gasteiger partial charge in [-0.2, -0.15) is 0 Å². The van der Waals surface area contributed by atoms with E-state index in [-0.39, 0.29) is 25.5 Å². The monoisotopic (exact) mass is 478 g/mol. The van der Waals surface area contributed by atoms with Crippen LogP contribution in [0.25, 0.3) is 0 Å². The number of methoxy groups -OCH3 is 1. The first-order valence-corrected chi connectivity index (χ1v) is 11.5. The third-order valence-electron chi connectivity index (χ3n) is 6.48. The molecule has 2 heterocycles. The number of hydrogen-bond donors (Lipinski definition) is 2. The Kier molecular flexibility index (Phi) is 7.57. The van der Waals surface area contributed by atoms with Crippen molar-refractivity contribution in [2.24, 2.45) is 0 Å². The molecule has 4 rings (SSSR count). The Morgan fingerprint density at radius 3 is 2.41 bits per heavy atom. The number of rotatable bonds is 7. The summed E-state index contributed by atoms with van der Waals surface area (Å²) < 4.78 is 43.3. The largest absolute Gasteiger partial charge is 0.497 e. The summed E-state index contributed by atoms with van der Waals surface area (Å²) in [5, 5.41) is 22.4. The zero-order chi connectivity index (χ0) is 24.2. The van der Waals surface area contributed by atoms with Crippen molar-refractivity contribution in [3.05, 3.63) is 54.1 Å². The lowest BCUT2D eigenvalue weighted by Gasteiger charge is -2.42. The Morgan fingerprint density at radius 1 is 1.00 bits per heavy atom. The molecule has 2 N–H and O–H groups in total. The summed E-state index contributed by atoms with van der Waals surface area (Å²) >= 11 is 0. The highest BCUT2D eigenvalue weighted by Gasteiger charge is 2.39. The molecule has 2 aromatic rings. The van der Waals surface area contributed by atoms with Gasteiger partial charge in [0, 0.05) is 44.5 Å². The van der Waals surface area contributed by atoms with Gasteiger partial charge in [0.2, 0.25) is 0 Å². The zero-order valence-corrected chi connectivity index (χ0v) is 19.4. The van der Waals surface area contributed by atoms with Crippen molar-refractivity contribution >= 4 is 5.69 Å². The predicted molar refractivity (Wildman–Crippen MR) is 123 cm³/mol. The molecule has 34 heavy (non-hydrogen) atoms. The average molecular weight is 479 g/mol. The molecule has 2 aliphatic heterocycles. The molecule has 186 valence electrons. The molecular formula is C25H32F2N2O5. The molecular weight excluding hydrogens is 446 g/mol. The number of nitrogens with zero attached hydrogens (tertiary/aromatic N) is 2. The predicted octanol–water partition coefficient (Wildman–Crippen LogP) is 2.45. The fraction of sp³-hybridized carbons (Fsp3) is 0.520. The quantitative estimate of drug-likeness (QED) is 0.633. The van der Waals surface area contributed by atoms with Crippen molar-refractivity contribution < 1.29 is 33.2 Å². The summed E-state index contributed by atoms with van der Waals surface area (Å²) in [6.07, 6.45) is 1.18. The van der Waals surface area contributed by atoms with E-state index >= 15 is 0 Å². The first kappa shape index (κ1) is 24.7. The third kappa shape index (κ3) is 6.15. The molecule has 0 amide bonds. The van der Waals surface area contributed by atoms with E-state index in [1.807, 2.05) is 29.2 Å². The summed E-state index contributed by atoms with van der Waals surface area (Å²) in [6, 6.07) is 10.9. The normalized spacial score (nSPS) is 23.4. The molecule has 0 radical (unpaired) electrons. The van der Waals surface area contributed by atoms with Crippen molar-refractivity contribution in [3.8, 4) is 11.5 Å². The zero-order valence-electron chi connectivity index (χ0n) is 19.4. The first-order chi connectivity index (χ1) is 16.3. The molecule has 9 heteroatoms. The molecule has 1 atom stereocenters. The summed E-state index contributed by atoms with van der Waals surface area (Å²) in [5.74, 6) is -0.846. The fourth-order valence-electron chi connectivity index (χ4n) is 4.57. The smallest absolute Gasteiger partial charge is 0.167 e. The van der Waals surface area contributed by atoms with Crippen LogP contribution in [0.4, 0.5) is 14.5 Å². The summed E-state index contributed by atoms with van der Waals surface area (Å²) in [7, 11) is 1.64. The van der Waals surface area contributed by atoms with Crippen LogP contribution in [0.15, 0.2) is 42.5 Å². The number of ether oxygens (including phenoxy) is 3. The minimum absolute atomic E-state index is 0.0238. The van der Waals surface area contributed by atoms with Crippen molar-refractivity contribution in [1.29, 1.82) is 0 Å². The highest BCUT2D eigenvalue weighted by Crippen LogP contribution is 2.29. The van der Waals surface area contributed by atoms with Crippen LogP contribution in [0, 0.1) is 11.6 Å². The molecule has 2 saturated heterocycles. The minimum atomic E-state index is -1.39. The number of anilines is 1. The van der Waals surface area contributed by atoms with E-state index in [2.05, 4.69) is 4.90 Å². The van der Waals surface area contributed by atoms with Crippen LogP contribution in [0.3, 0.4) is 0 Å². The lowest BCUT2D eigenvalue weighted by molar-refractivity contribution is -0.0747. The van der Waals surface area contributed by atoms with Gasteiger partial charge < -0.3 is 29.3 Å². The van der Waals surface area contributed by atoms with Gasteiger partial charge in [0.1, 0.15) is 23.8 Å². The van der Waals surface area contributed by atoms with Crippen LogP contribution < -0.4 is 14.4 Å². The number of benzene rings is 2. The average Bonchev–Trinajstić information content (AvgIpc) is 3.00. The molecule has 0 spiro atoms. The van der Waals surface area contributed by atoms with Crippen LogP contribution in [-0.2, 0) is 4.74 Å². The minimum Gasteiger partial charge on any atom is -0.497 e. The number of piperidine rings is 1. The van der Waals surface area contributed by atoms with Crippen molar-refractivity contribution in [2.45, 2.75) is 24.0 Å². The third-order valence-corrected chi connectivity index (χ3v) is 6.48. The van der Waals surface area contributed by atoms with Crippen LogP contribution in [0.5, 0.6) is 11.5 Å². The molecule has 0 aliphatic carbocycles. The standard InChI is InChI=1S/C25H32F2N2O5/c1-32-21-5-3-20(4-6-21)29-10-8-24(30,9-11-29)15-28-12-13-33-17-25(31,16-28)18-34-23-7-2-19(26)14-22(23)27/h2-7,14,30-31H,8-13,15-18H2,1H3. The topological polar surface area (TPSA) is 74.6 Å². The number of hydrogen-bond acceptors (Lipinski definition) is 7. The van der Waals surface area contributed by atoms with Crippen LogP contribution in [0.2, 0.25) is 0 Å². The molecule has 2 fully saturated rings. The lowest BCUT2D eigenvalue weighted by Crippen LogP contribution is -2.55. The molecule has 2 aliphatic rings. The molecule has 0 bridgehead atoms. The van der Waals surface area contributed by atoms with Gasteiger partial charge in [0.25, 0.3) is 0 Å². The van der Waals surface area contributed by atoms with Gasteiger partial charge in [-0.25, -0.2) is 8.78 Å². The van der Waals surface area contributed by atoms with Gasteiger partial charge in [-0.05, 0) is 49.2 Å². The Hall–Kier alpha value is -2.46. The number of aliphatic hydroxyl groups is 2. The molecule has 2 aromatic carbocycles. The highest BCUT2D eigenvalue weighted by atomic mass is 19.1. The summed E-state index contributed by atoms with van der Waals surface area (Å²) in [5.41, 5.74) is -1.19. The molecule has 0 saturated carbocycles. The van der Waals surface area contributed by atoms with Crippen LogP contribution >= 0.6 is 0 Å². The maximum atomic E-state index is 13.9. The van der Waals surface area contributed by atoms with E-state index in [4.69, 9.17) is 14.2 Å². The van der Waals surface area contributed by atoms with E-state index in [1.165, 1.54) is 6.07 Å². The maximum absolute atomic E-state index is 13.9. The Balaban J connectivity index is 1.33. The Morgan fingerprint density at radius 2 is 1.74 bits per heavy atom. The maximum Gasteiger partial charge on any atom is 0.167 e. The second-order valence-electron chi connectivity index (χ2n) is 9.26. The molecule has 1 unspecified atom stereocenters. The van der Waals surface area contributed by atoms with Gasteiger partial charge >= 0.3 is 0 Å². The number of β-amino-alcohol motifs (C(OH)–C–C–N with tert-alkyl or cyclic N) is 2. The summed E-state index contributed by atoms with van der Waals surface area (Å²) in [6.45, 7) is 2.79. The van der Waals surface area contributed by atoms with Crippen molar-refractivity contribution in [1.82, 2.24) is 4.90 Å². The van der Waals surface area contributed by atoms with E-state index in [1.54, 1.807) is 7.11 Å². The first-order valence-electron chi connectivity index (χ1n) is 11.5. The lowest BCUT2D eigenvalue weighted by atomic mass is 9.90. The van der Waals surface area contributed by atoms with E-state index in [0.29, 0.717) is 45.6 Å². The van der Waals surface area contributed by atoms with E-state index in [0.717, 1.165) is 23.6 Å². The van der Waals surface area contributed by atoms with Gasteiger partial charge in [-0.1, -0.05) is 0 Å². The van der Waals surface area contributed by atoms with E-state index < -0.39 is 22.8 Å². The van der Waals surface area contributed by atoms with Crippen LogP contribution in [0.1, 0.15) is 12.8 Å². The summed E-state index contributed by atoms with van der Waals surface area (Å²) in [4.78, 5) is 4.21. The van der Waals surface area contributed by atoms with Gasteiger partial charge in [0.15, 0.2) is 11.6 Å². The van der Waals surface area contributed by atoms with Crippen molar-refractivity contribution in [2.75, 3.05) is 64.6 Å². The SMILES string of the molecule is COc1ccc(N2CCC(O)(CN3CCOCC(O)(COc4ccc(F)cc4F)C3)CC2)cc1. The molecule has 7 nitrogen and oxygen atoms in total. The second kappa shape index (κ2) is 10.4. The van der Waals surface area contributed by atoms with E-state index in [9.17, 15) is 19.0 Å². The fourth-order valence-corrected chi connectivity index (χ4v) is 4.57. The Labute approximate surface area is 198 Å². The number of halogens is 2. The van der Waals surface area contributed by atoms with Gasteiger partial charge in [-0.3, -0.25) is 4.90 Å². The van der Waals surface area contributed by atoms with Crippen molar-refractivity contribution in [3.63, 3.8) is 0 Å². The van der Waals surface area contributed by atoms with Gasteiger partial charge in [0.05, 0.1) is 25.9 Å². The Bertz CT molecular complexity index is 953. The molecule has 0 aromatic heterocycles. The second-order valence-corrected chi connectivity index (χ2v) is 9.26.